The molecule has 0 fully saturated rings. The summed E-state index contributed by atoms with van der Waals surface area (Å²) >= 11 is 0.356. The number of hydrogen-bond donors (Lipinski definition) is 0. The fraction of sp³-hybridized carbons (Fsp3) is 0.116. The number of nitriles is 2. The molecule has 5 aromatic carbocycles. The molecule has 0 bridgehead atoms. The van der Waals surface area contributed by atoms with E-state index in [0.29, 0.717) is 33.1 Å². The molecule has 5 aromatic rings. The van der Waals surface area contributed by atoms with E-state index in [0.717, 1.165) is 57.5 Å². The third-order valence-electron chi connectivity index (χ3n) is 11.3. The van der Waals surface area contributed by atoms with E-state index in [-0.39, 0.29) is 22.3 Å². The van der Waals surface area contributed by atoms with Crippen LogP contribution in [0.1, 0.15) is 27.8 Å². The van der Waals surface area contributed by atoms with Crippen molar-refractivity contribution >= 4 is 96.7 Å². The Morgan fingerprint density at radius 1 is 0.645 bits per heavy atom. The molecule has 0 N–H and O–H groups in total. The molecule has 0 aromatic heterocycles. The van der Waals surface area contributed by atoms with Crippen LogP contribution in [0.4, 0.5) is 35.1 Å². The van der Waals surface area contributed by atoms with Crippen LogP contribution in [-0.4, -0.2) is 61.7 Å². The number of sulfone groups is 2. The molecule has 19 heteroatoms. The summed E-state index contributed by atoms with van der Waals surface area (Å²) in [6, 6.07) is 17.4. The Hall–Kier alpha value is -4.64. The average Bonchev–Trinajstić information content (AvgIpc) is 3.71. The normalized spacial score (nSPS) is 16.8. The number of allylic oxidation sites excluding steroid dienone is 5. The zero-order chi connectivity index (χ0) is 45.2. The number of benzene rings is 5. The summed E-state index contributed by atoms with van der Waals surface area (Å²) < 4.78 is 173. The molecule has 6 nitrogen and oxygen atoms in total. The van der Waals surface area contributed by atoms with Crippen LogP contribution >= 0.6 is 22.6 Å². The van der Waals surface area contributed by atoms with Gasteiger partial charge in [-0.1, -0.05) is 11.6 Å². The van der Waals surface area contributed by atoms with E-state index in [2.05, 4.69) is 0 Å². The van der Waals surface area contributed by atoms with Crippen LogP contribution in [0, 0.1) is 70.3 Å². The zero-order valence-corrected chi connectivity index (χ0v) is 40.1. The molecule has 0 radical (unpaired) electrons. The van der Waals surface area contributed by atoms with Crippen molar-refractivity contribution in [1.82, 2.24) is 0 Å². The van der Waals surface area contributed by atoms with E-state index >= 15 is 17.6 Å². The molecule has 8 rings (SSSR count). The first-order chi connectivity index (χ1) is 29.1. The Morgan fingerprint density at radius 3 is 1.82 bits per heavy atom. The predicted molar refractivity (Wildman–Crippen MR) is 223 cm³/mol. The van der Waals surface area contributed by atoms with Gasteiger partial charge in [-0.25, -0.2) is 26.0 Å². The molecular weight excluding hydrogens is 1170 g/mol. The second kappa shape index (κ2) is 15.3. The summed E-state index contributed by atoms with van der Waals surface area (Å²) in [5.41, 5.74) is 4.96. The fourth-order valence-corrected chi connectivity index (χ4v) is 13.4. The average molecular weight is 1190 g/mol. The molecule has 0 saturated heterocycles. The van der Waals surface area contributed by atoms with Gasteiger partial charge in [0.15, 0.2) is 23.3 Å². The topological polar surface area (TPSA) is 116 Å². The number of fused-ring (bicyclic) bond motifs is 6. The molecule has 62 heavy (non-hydrogen) atoms. The number of alkyl halides is 2. The summed E-state index contributed by atoms with van der Waals surface area (Å²) in [6.07, 6.45) is -5.69. The molecule has 3 aliphatic rings. The molecule has 1 heterocycles. The van der Waals surface area contributed by atoms with Gasteiger partial charge >= 0.3 is 211 Å². The first-order valence-electron chi connectivity index (χ1n) is 18.0. The summed E-state index contributed by atoms with van der Waals surface area (Å²) in [7, 11) is -10.5. The van der Waals surface area contributed by atoms with Gasteiger partial charge in [-0.15, -0.1) is 0 Å². The predicted octanol–water partition coefficient (Wildman–Crippen LogP) is 7.93. The quantitative estimate of drug-likeness (QED) is 0.0329. The van der Waals surface area contributed by atoms with Gasteiger partial charge in [0, 0.05) is 5.57 Å². The number of hydrogen-bond acceptors (Lipinski definition) is 6. The number of halogens is 9. The second-order valence-electron chi connectivity index (χ2n) is 14.8. The van der Waals surface area contributed by atoms with Gasteiger partial charge < -0.3 is 0 Å². The Kier molecular flexibility index (Phi) is 10.8. The SMILES string of the molecule is Cc1cc(C)c(B2c3cc(S(=O)(=O)C4=C(F)C(F)=[C]([Tl])C(F)C4F)ccc3-c3cc4c(cc32)C(=C(C#N)C#N)c2cc(S(=O)(=O)c3c(F)c(F)c(F)c(I)c3F)ccc2-4)c(C)c1. The van der Waals surface area contributed by atoms with Crippen LogP contribution < -0.4 is 16.4 Å². The fourth-order valence-electron chi connectivity index (χ4n) is 8.62. The van der Waals surface area contributed by atoms with E-state index in [4.69, 9.17) is 0 Å². The van der Waals surface area contributed by atoms with Crippen molar-refractivity contribution in [3.63, 3.8) is 0 Å². The molecule has 2 atom stereocenters. The van der Waals surface area contributed by atoms with E-state index in [1.165, 1.54) is 18.2 Å². The minimum atomic E-state index is -5.27. The van der Waals surface area contributed by atoms with Gasteiger partial charge in [0.25, 0.3) is 0 Å². The van der Waals surface area contributed by atoms with Crippen molar-refractivity contribution < 1.29 is 52.0 Å². The molecule has 1 aliphatic heterocycles. The third-order valence-corrected chi connectivity index (χ3v) is 18.1. The van der Waals surface area contributed by atoms with Crippen LogP contribution in [0.5, 0.6) is 0 Å². The van der Waals surface area contributed by atoms with Gasteiger partial charge in [0.1, 0.15) is 22.6 Å². The molecule has 2 unspecified atom stereocenters. The molecule has 0 saturated carbocycles. The summed E-state index contributed by atoms with van der Waals surface area (Å²) in [5.74, 6) is -12.0. The number of aryl methyl sites for hydroxylation is 3. The van der Waals surface area contributed by atoms with Crippen molar-refractivity contribution in [2.75, 3.05) is 0 Å². The van der Waals surface area contributed by atoms with Crippen molar-refractivity contribution in [2.24, 2.45) is 0 Å². The summed E-state index contributed by atoms with van der Waals surface area (Å²) in [4.78, 5) is -4.84. The van der Waals surface area contributed by atoms with Gasteiger partial charge in [-0.05, 0) is 52.8 Å². The first kappa shape index (κ1) is 44.0. The van der Waals surface area contributed by atoms with Gasteiger partial charge in [0.2, 0.25) is 9.84 Å². The first-order valence-corrected chi connectivity index (χ1v) is 24.3. The molecular formula is C43H21BF8IN2O4S2Tl. The van der Waals surface area contributed by atoms with E-state index in [1.54, 1.807) is 24.3 Å². The summed E-state index contributed by atoms with van der Waals surface area (Å²) in [6.45, 7) is 4.64. The second-order valence-corrected chi connectivity index (χ2v) is 22.1. The third kappa shape index (κ3) is 6.28. The molecule has 0 spiro atoms. The maximum absolute atomic E-state index is 15.4. The standard InChI is InChI=1S/C43H21BF8IN2O4S2.Tl/c1-17-8-18(2)34(19(3)9-17)44-29-11-22(61(58,59)42-35(47)31(45)14-32(46)36(42)48)5-7-24(29)26-12-25-23-6-4-21(10-27(23)33(20(15-54)16-55)28(25)13-30(26)44)60(56,57)43-39(51)37(49)38(50)41(53)40(43)52;/h4-13,31,35H,1-3H3;. The van der Waals surface area contributed by atoms with E-state index < -0.39 is 131 Å². The Bertz CT molecular complexity index is 3310. The van der Waals surface area contributed by atoms with Crippen LogP contribution in [-0.2, 0) is 19.7 Å². The maximum atomic E-state index is 15.4. The van der Waals surface area contributed by atoms with Crippen LogP contribution in [0.3, 0.4) is 0 Å². The zero-order valence-electron chi connectivity index (χ0n) is 31.8. The number of rotatable bonds is 5. The molecule has 2 aliphatic carbocycles. The van der Waals surface area contributed by atoms with Crippen molar-refractivity contribution in [1.29, 1.82) is 10.5 Å². The van der Waals surface area contributed by atoms with Gasteiger partial charge in [-0.3, -0.25) is 0 Å². The summed E-state index contributed by atoms with van der Waals surface area (Å²) in [5, 5.41) is 20.4. The molecule has 0 amide bonds. The van der Waals surface area contributed by atoms with Gasteiger partial charge in [-0.2, -0.15) is 10.5 Å². The monoisotopic (exact) mass is 1190 g/mol. The Morgan fingerprint density at radius 2 is 1.21 bits per heavy atom. The van der Waals surface area contributed by atoms with E-state index in [1.807, 2.05) is 32.9 Å². The Labute approximate surface area is 379 Å². The van der Waals surface area contributed by atoms with Crippen LogP contribution in [0.2, 0.25) is 0 Å². The van der Waals surface area contributed by atoms with Crippen LogP contribution in [0.25, 0.3) is 27.8 Å². The van der Waals surface area contributed by atoms with Crippen molar-refractivity contribution in [2.45, 2.75) is 47.8 Å². The van der Waals surface area contributed by atoms with Crippen molar-refractivity contribution in [3.8, 4) is 34.4 Å². The Balaban J connectivity index is 1.38. The van der Waals surface area contributed by atoms with Crippen LogP contribution in [0.15, 0.2) is 101 Å². The molecule has 308 valence electrons. The van der Waals surface area contributed by atoms with Crippen molar-refractivity contribution in [3.05, 3.63) is 141 Å². The van der Waals surface area contributed by atoms with E-state index in [9.17, 15) is 44.9 Å². The van der Waals surface area contributed by atoms with Gasteiger partial charge in [0.05, 0.1) is 8.47 Å². The number of nitrogens with zero attached hydrogens (tertiary/aromatic N) is 2. The minimum absolute atomic E-state index is 0.0312.